The Morgan fingerprint density at radius 3 is 2.59 bits per heavy atom. The van der Waals surface area contributed by atoms with Crippen LogP contribution in [0.1, 0.15) is 56.6 Å². The summed E-state index contributed by atoms with van der Waals surface area (Å²) in [5, 5.41) is 11.6. The molecule has 2 aromatic rings. The van der Waals surface area contributed by atoms with E-state index in [0.29, 0.717) is 20.8 Å². The third kappa shape index (κ3) is 4.78. The molecule has 0 spiro atoms. The van der Waals surface area contributed by atoms with Gasteiger partial charge in [0, 0.05) is 23.8 Å². The number of amides is 2. The highest BCUT2D eigenvalue weighted by molar-refractivity contribution is 7.11. The summed E-state index contributed by atoms with van der Waals surface area (Å²) < 4.78 is 6.49. The lowest BCUT2D eigenvalue weighted by molar-refractivity contribution is -0.140. The van der Waals surface area contributed by atoms with Crippen molar-refractivity contribution < 1.29 is 19.1 Å². The van der Waals surface area contributed by atoms with Gasteiger partial charge < -0.3 is 14.6 Å². The number of benzene rings is 1. The second-order valence-electron chi connectivity index (χ2n) is 6.59. The van der Waals surface area contributed by atoms with E-state index in [1.54, 1.807) is 24.3 Å². The zero-order valence-electron chi connectivity index (χ0n) is 16.1. The number of rotatable bonds is 6. The number of carbonyl (C=O) groups excluding carboxylic acids is 3. The van der Waals surface area contributed by atoms with Crippen molar-refractivity contribution in [3.05, 3.63) is 50.8 Å². The summed E-state index contributed by atoms with van der Waals surface area (Å²) in [6.07, 6.45) is 2.03. The number of ether oxygens (including phenoxy) is 1. The second kappa shape index (κ2) is 8.84. The number of aromatic nitrogens is 1. The van der Waals surface area contributed by atoms with Crippen LogP contribution in [0, 0.1) is 18.3 Å². The van der Waals surface area contributed by atoms with Crippen LogP contribution in [0.5, 0.6) is 0 Å². The molecule has 1 aromatic carbocycles. The number of hydrogen-bond donors (Lipinski definition) is 1. The molecule has 2 amide bonds. The van der Waals surface area contributed by atoms with E-state index < -0.39 is 11.9 Å². The maximum Gasteiger partial charge on any atom is 0.307 e. The van der Waals surface area contributed by atoms with Crippen LogP contribution in [-0.4, -0.2) is 36.0 Å². The quantitative estimate of drug-likeness (QED) is 0.730. The molecule has 9 heteroatoms. The minimum Gasteiger partial charge on any atom is -0.469 e. The molecule has 1 saturated carbocycles. The lowest BCUT2D eigenvalue weighted by atomic mass is 10.1. The maximum atomic E-state index is 12.6. The van der Waals surface area contributed by atoms with Crippen LogP contribution in [0.25, 0.3) is 0 Å². The number of nitrogens with one attached hydrogen (secondary N) is 1. The summed E-state index contributed by atoms with van der Waals surface area (Å²) in [7, 11) is 1.30. The number of nitriles is 1. The molecule has 1 heterocycles. The van der Waals surface area contributed by atoms with Crippen molar-refractivity contribution in [2.75, 3.05) is 13.7 Å². The van der Waals surface area contributed by atoms with Gasteiger partial charge in [-0.15, -0.1) is 0 Å². The molecular formula is C20H20N4O4S. The molecule has 1 N–H and O–H groups in total. The van der Waals surface area contributed by atoms with Gasteiger partial charge in [-0.05, 0) is 44.0 Å². The first-order valence-electron chi connectivity index (χ1n) is 9.10. The second-order valence-corrected chi connectivity index (χ2v) is 7.57. The van der Waals surface area contributed by atoms with Gasteiger partial charge in [0.25, 0.3) is 11.8 Å². The van der Waals surface area contributed by atoms with Crippen LogP contribution < -0.4 is 10.1 Å². The third-order valence-electron chi connectivity index (χ3n) is 4.51. The predicted molar refractivity (Wildman–Crippen MR) is 105 cm³/mol. The Morgan fingerprint density at radius 2 is 2.00 bits per heavy atom. The monoisotopic (exact) mass is 412 g/mol. The zero-order valence-corrected chi connectivity index (χ0v) is 16.9. The average Bonchev–Trinajstić information content (AvgIpc) is 3.51. The van der Waals surface area contributed by atoms with Crippen molar-refractivity contribution in [1.82, 2.24) is 9.88 Å². The highest BCUT2D eigenvalue weighted by Crippen LogP contribution is 2.36. The van der Waals surface area contributed by atoms with Gasteiger partial charge >= 0.3 is 5.97 Å². The SMILES string of the molecule is COC(=O)CCNC(=O)c1sc(=NC(=O)c2ccc(C#N)cc2)n(C2CC2)c1C. The molecule has 0 aliphatic heterocycles. The molecule has 8 nitrogen and oxygen atoms in total. The highest BCUT2D eigenvalue weighted by atomic mass is 32.1. The third-order valence-corrected chi connectivity index (χ3v) is 5.66. The summed E-state index contributed by atoms with van der Waals surface area (Å²) in [6, 6.07) is 8.50. The molecule has 1 aliphatic carbocycles. The molecule has 0 saturated heterocycles. The fourth-order valence-corrected chi connectivity index (χ4v) is 3.92. The Kier molecular flexibility index (Phi) is 6.24. The smallest absolute Gasteiger partial charge is 0.307 e. The van der Waals surface area contributed by atoms with Crippen molar-refractivity contribution in [2.45, 2.75) is 32.2 Å². The number of carbonyl (C=O) groups is 3. The van der Waals surface area contributed by atoms with Crippen LogP contribution >= 0.6 is 11.3 Å². The first-order chi connectivity index (χ1) is 13.9. The Labute approximate surface area is 171 Å². The van der Waals surface area contributed by atoms with Crippen molar-refractivity contribution in [3.63, 3.8) is 0 Å². The molecule has 0 radical (unpaired) electrons. The van der Waals surface area contributed by atoms with E-state index in [-0.39, 0.29) is 24.9 Å². The van der Waals surface area contributed by atoms with E-state index in [2.05, 4.69) is 15.0 Å². The normalized spacial score (nSPS) is 13.6. The summed E-state index contributed by atoms with van der Waals surface area (Å²) in [4.78, 5) is 41.5. The van der Waals surface area contributed by atoms with Crippen LogP contribution in [0.2, 0.25) is 0 Å². The Balaban J connectivity index is 1.86. The van der Waals surface area contributed by atoms with Gasteiger partial charge in [0.05, 0.1) is 25.2 Å². The molecule has 0 unspecified atom stereocenters. The number of hydrogen-bond acceptors (Lipinski definition) is 6. The highest BCUT2D eigenvalue weighted by Gasteiger charge is 2.29. The molecule has 1 fully saturated rings. The molecule has 29 heavy (non-hydrogen) atoms. The topological polar surface area (TPSA) is 114 Å². The lowest BCUT2D eigenvalue weighted by Gasteiger charge is -2.05. The van der Waals surface area contributed by atoms with E-state index in [9.17, 15) is 14.4 Å². The first kappa shape index (κ1) is 20.5. The van der Waals surface area contributed by atoms with Gasteiger partial charge in [0.1, 0.15) is 4.88 Å². The fourth-order valence-electron chi connectivity index (χ4n) is 2.82. The van der Waals surface area contributed by atoms with Crippen LogP contribution in [0.15, 0.2) is 29.3 Å². The maximum absolute atomic E-state index is 12.6. The molecule has 1 aliphatic rings. The average molecular weight is 412 g/mol. The van der Waals surface area contributed by atoms with Crippen LogP contribution in [0.4, 0.5) is 0 Å². The van der Waals surface area contributed by atoms with Gasteiger partial charge in [0.15, 0.2) is 4.80 Å². The van der Waals surface area contributed by atoms with Gasteiger partial charge in [-0.2, -0.15) is 10.3 Å². The Morgan fingerprint density at radius 1 is 1.31 bits per heavy atom. The van der Waals surface area contributed by atoms with E-state index in [1.807, 2.05) is 17.6 Å². The molecule has 3 rings (SSSR count). The standard InChI is InChI=1S/C20H20N4O4S/c1-12-17(19(27)22-10-9-16(25)28-2)29-20(24(12)15-7-8-15)23-18(26)14-5-3-13(11-21)4-6-14/h3-6,15H,7-10H2,1-2H3,(H,22,27). The molecule has 1 aromatic heterocycles. The molecular weight excluding hydrogens is 392 g/mol. The van der Waals surface area contributed by atoms with Crippen LogP contribution in [0.3, 0.4) is 0 Å². The summed E-state index contributed by atoms with van der Waals surface area (Å²) in [5.74, 6) is -1.13. The van der Waals surface area contributed by atoms with Crippen LogP contribution in [-0.2, 0) is 9.53 Å². The van der Waals surface area contributed by atoms with Gasteiger partial charge in [0.2, 0.25) is 0 Å². The van der Waals surface area contributed by atoms with Crippen molar-refractivity contribution in [2.24, 2.45) is 4.99 Å². The van der Waals surface area contributed by atoms with E-state index in [1.165, 1.54) is 7.11 Å². The van der Waals surface area contributed by atoms with E-state index in [0.717, 1.165) is 29.9 Å². The number of esters is 1. The lowest BCUT2D eigenvalue weighted by Crippen LogP contribution is -2.26. The fraction of sp³-hybridized carbons (Fsp3) is 0.350. The largest absolute Gasteiger partial charge is 0.469 e. The van der Waals surface area contributed by atoms with E-state index in [4.69, 9.17) is 5.26 Å². The Bertz CT molecular complexity index is 1060. The van der Waals surface area contributed by atoms with Crippen molar-refractivity contribution in [3.8, 4) is 6.07 Å². The Hall–Kier alpha value is -3.25. The molecule has 150 valence electrons. The van der Waals surface area contributed by atoms with Crippen molar-refractivity contribution in [1.29, 1.82) is 5.26 Å². The molecule has 0 bridgehead atoms. The number of nitrogens with zero attached hydrogens (tertiary/aromatic N) is 3. The summed E-state index contributed by atoms with van der Waals surface area (Å²) in [6.45, 7) is 2.00. The van der Waals surface area contributed by atoms with Gasteiger partial charge in [-0.3, -0.25) is 14.4 Å². The zero-order chi connectivity index (χ0) is 21.0. The summed E-state index contributed by atoms with van der Waals surface area (Å²) in [5.41, 5.74) is 1.59. The number of thiazole rings is 1. The van der Waals surface area contributed by atoms with Crippen molar-refractivity contribution >= 4 is 29.1 Å². The summed E-state index contributed by atoms with van der Waals surface area (Å²) >= 11 is 1.15. The number of methoxy groups -OCH3 is 1. The first-order valence-corrected chi connectivity index (χ1v) is 9.92. The van der Waals surface area contributed by atoms with Gasteiger partial charge in [-0.25, -0.2) is 0 Å². The van der Waals surface area contributed by atoms with Gasteiger partial charge in [-0.1, -0.05) is 11.3 Å². The molecule has 0 atom stereocenters. The predicted octanol–water partition coefficient (Wildman–Crippen LogP) is 2.10. The minimum atomic E-state index is -0.428. The van der Waals surface area contributed by atoms with E-state index >= 15 is 0 Å². The minimum absolute atomic E-state index is 0.0870.